The Balaban J connectivity index is 2.03. The summed E-state index contributed by atoms with van der Waals surface area (Å²) in [4.78, 5) is 11.5. The number of carbonyl (C=O) groups is 1. The van der Waals surface area contributed by atoms with Gasteiger partial charge in [-0.15, -0.1) is 0 Å². The molecule has 4 heteroatoms. The minimum Gasteiger partial charge on any atom is -0.500 e. The van der Waals surface area contributed by atoms with Crippen LogP contribution in [0.1, 0.15) is 42.9 Å². The largest absolute Gasteiger partial charge is 0.500 e. The van der Waals surface area contributed by atoms with Gasteiger partial charge in [-0.25, -0.2) is 0 Å². The Morgan fingerprint density at radius 1 is 0.867 bits per heavy atom. The van der Waals surface area contributed by atoms with Gasteiger partial charge in [0.05, 0.1) is 6.04 Å². The summed E-state index contributed by atoms with van der Waals surface area (Å²) in [5.41, 5.74) is 3.29. The van der Waals surface area contributed by atoms with Crippen LogP contribution < -0.4 is 5.32 Å². The molecule has 0 aliphatic heterocycles. The van der Waals surface area contributed by atoms with E-state index in [4.69, 9.17) is 12.2 Å². The molecule has 1 atom stereocenters. The predicted molar refractivity (Wildman–Crippen MR) is 126 cm³/mol. The van der Waals surface area contributed by atoms with E-state index in [2.05, 4.69) is 78.1 Å². The number of benzene rings is 3. The molecule has 0 aliphatic rings. The topological polar surface area (TPSA) is 49.3 Å². The monoisotopic (exact) mass is 417 g/mol. The molecule has 0 fully saturated rings. The lowest BCUT2D eigenvalue weighted by molar-refractivity contribution is -0.119. The van der Waals surface area contributed by atoms with Gasteiger partial charge in [-0.2, -0.15) is 0 Å². The molecule has 3 aromatic carbocycles. The van der Waals surface area contributed by atoms with Gasteiger partial charge in [-0.3, -0.25) is 4.79 Å². The molecule has 0 aliphatic carbocycles. The summed E-state index contributed by atoms with van der Waals surface area (Å²) in [6.07, 6.45) is 2.15. The average Bonchev–Trinajstić information content (AvgIpc) is 2.77. The molecule has 0 radical (unpaired) electrons. The van der Waals surface area contributed by atoms with Gasteiger partial charge in [0.2, 0.25) is 5.91 Å². The summed E-state index contributed by atoms with van der Waals surface area (Å²) >= 11 is 4.96. The van der Waals surface area contributed by atoms with E-state index < -0.39 is 6.04 Å². The molecule has 0 saturated carbocycles. The van der Waals surface area contributed by atoms with E-state index in [1.165, 1.54) is 23.6 Å². The van der Waals surface area contributed by atoms with E-state index in [9.17, 15) is 9.90 Å². The highest BCUT2D eigenvalue weighted by atomic mass is 32.1. The number of hydrogen-bond acceptors (Lipinski definition) is 2. The van der Waals surface area contributed by atoms with Crippen LogP contribution in [0, 0.1) is 0 Å². The van der Waals surface area contributed by atoms with Crippen molar-refractivity contribution in [3.05, 3.63) is 108 Å². The maximum absolute atomic E-state index is 11.5. The number of hydrogen-bond donors (Lipinski definition) is 2. The third-order valence-electron chi connectivity index (χ3n) is 5.52. The minimum atomic E-state index is -0.516. The highest BCUT2D eigenvalue weighted by Gasteiger charge is 2.36. The van der Waals surface area contributed by atoms with Gasteiger partial charge in [-0.05, 0) is 48.2 Å². The number of nitrogens with one attached hydrogen (secondary N) is 1. The summed E-state index contributed by atoms with van der Waals surface area (Å²) in [5, 5.41) is 12.4. The smallest absolute Gasteiger partial charge is 0.217 e. The van der Waals surface area contributed by atoms with Crippen LogP contribution in [0.25, 0.3) is 0 Å². The van der Waals surface area contributed by atoms with Crippen molar-refractivity contribution in [2.45, 2.75) is 37.6 Å². The van der Waals surface area contributed by atoms with E-state index in [0.29, 0.717) is 6.42 Å². The van der Waals surface area contributed by atoms with Crippen LogP contribution in [-0.4, -0.2) is 22.1 Å². The Kier molecular flexibility index (Phi) is 7.36. The van der Waals surface area contributed by atoms with E-state index >= 15 is 0 Å². The van der Waals surface area contributed by atoms with Crippen molar-refractivity contribution < 1.29 is 9.90 Å². The van der Waals surface area contributed by atoms with Gasteiger partial charge in [0.15, 0.2) is 5.05 Å². The van der Waals surface area contributed by atoms with Crippen molar-refractivity contribution in [2.75, 3.05) is 0 Å². The molecular formula is C26H27NO2S. The standard InChI is InChI=1S/C26H27NO2S/c1-20(28)27-24(25(29)30)18-11-19-26(21-12-5-2-6-13-21,22-14-7-3-8-15-22)23-16-9-4-10-17-23/h2-10,12-17,24H,11,18-19H2,1H3,(H,27,28)(H,29,30). The summed E-state index contributed by atoms with van der Waals surface area (Å²) in [6.45, 7) is 1.44. The first-order valence-corrected chi connectivity index (χ1v) is 10.6. The van der Waals surface area contributed by atoms with Crippen molar-refractivity contribution in [1.29, 1.82) is 0 Å². The molecular weight excluding hydrogens is 390 g/mol. The molecule has 0 spiro atoms. The Hall–Kier alpha value is -2.98. The van der Waals surface area contributed by atoms with Gasteiger partial charge >= 0.3 is 0 Å². The van der Waals surface area contributed by atoms with E-state index in [1.807, 2.05) is 18.2 Å². The molecule has 3 aromatic rings. The third-order valence-corrected chi connectivity index (χ3v) is 5.80. The Morgan fingerprint density at radius 2 is 1.27 bits per heavy atom. The zero-order valence-electron chi connectivity index (χ0n) is 17.1. The highest BCUT2D eigenvalue weighted by molar-refractivity contribution is 7.80. The fourth-order valence-corrected chi connectivity index (χ4v) is 4.35. The number of aliphatic hydroxyl groups is 1. The van der Waals surface area contributed by atoms with Crippen LogP contribution in [0.5, 0.6) is 0 Å². The quantitative estimate of drug-likeness (QED) is 0.353. The Bertz CT molecular complexity index is 861. The lowest BCUT2D eigenvalue weighted by Crippen LogP contribution is -2.39. The fourth-order valence-electron chi connectivity index (χ4n) is 4.18. The van der Waals surface area contributed by atoms with Crippen LogP contribution in [0.4, 0.5) is 0 Å². The molecule has 0 bridgehead atoms. The van der Waals surface area contributed by atoms with Gasteiger partial charge in [0.25, 0.3) is 0 Å². The molecule has 0 saturated heterocycles. The number of rotatable bonds is 9. The van der Waals surface area contributed by atoms with Gasteiger partial charge < -0.3 is 10.4 Å². The van der Waals surface area contributed by atoms with Crippen LogP contribution in [0.15, 0.2) is 91.0 Å². The lowest BCUT2D eigenvalue weighted by Gasteiger charge is -2.36. The number of thiocarbonyl (C=S) groups is 1. The molecule has 1 unspecified atom stereocenters. The van der Waals surface area contributed by atoms with Crippen LogP contribution >= 0.6 is 12.2 Å². The second-order valence-corrected chi connectivity index (χ2v) is 7.91. The molecule has 154 valence electrons. The zero-order valence-corrected chi connectivity index (χ0v) is 17.9. The molecule has 0 aromatic heterocycles. The second kappa shape index (κ2) is 10.2. The number of aliphatic hydroxyl groups excluding tert-OH is 1. The second-order valence-electron chi connectivity index (χ2n) is 7.49. The predicted octanol–water partition coefficient (Wildman–Crippen LogP) is 5.58. The summed E-state index contributed by atoms with van der Waals surface area (Å²) in [6, 6.07) is 31.0. The first kappa shape index (κ1) is 21.7. The van der Waals surface area contributed by atoms with Crippen molar-refractivity contribution in [2.24, 2.45) is 0 Å². The minimum absolute atomic E-state index is 0.171. The molecule has 3 nitrogen and oxygen atoms in total. The third kappa shape index (κ3) is 4.95. The Labute approximate surface area is 183 Å². The summed E-state index contributed by atoms with van der Waals surface area (Å²) in [7, 11) is 0. The first-order chi connectivity index (χ1) is 14.5. The molecule has 30 heavy (non-hydrogen) atoms. The van der Waals surface area contributed by atoms with Crippen molar-refractivity contribution in [3.63, 3.8) is 0 Å². The normalized spacial score (nSPS) is 12.2. The number of amides is 1. The van der Waals surface area contributed by atoms with Crippen molar-refractivity contribution >= 4 is 23.2 Å². The number of carbonyl (C=O) groups excluding carboxylic acids is 1. The van der Waals surface area contributed by atoms with E-state index in [1.54, 1.807) is 0 Å². The summed E-state index contributed by atoms with van der Waals surface area (Å²) < 4.78 is 0. The van der Waals surface area contributed by atoms with E-state index in [0.717, 1.165) is 12.8 Å². The molecule has 1 amide bonds. The molecule has 0 heterocycles. The maximum atomic E-state index is 11.5. The van der Waals surface area contributed by atoms with Gasteiger partial charge in [-0.1, -0.05) is 91.0 Å². The first-order valence-electron chi connectivity index (χ1n) is 10.2. The summed E-state index contributed by atoms with van der Waals surface area (Å²) in [5.74, 6) is -0.197. The molecule has 3 rings (SSSR count). The zero-order chi connectivity index (χ0) is 21.4. The van der Waals surface area contributed by atoms with E-state index in [-0.39, 0.29) is 16.4 Å². The van der Waals surface area contributed by atoms with Gasteiger partial charge in [0.1, 0.15) is 0 Å². The highest BCUT2D eigenvalue weighted by Crippen LogP contribution is 2.43. The van der Waals surface area contributed by atoms with Crippen LogP contribution in [0.3, 0.4) is 0 Å². The SMILES string of the molecule is CC(=O)NC(CCCC(c1ccccc1)(c1ccccc1)c1ccccc1)C(O)=S. The van der Waals surface area contributed by atoms with Crippen molar-refractivity contribution in [1.82, 2.24) is 5.32 Å². The maximum Gasteiger partial charge on any atom is 0.217 e. The van der Waals surface area contributed by atoms with Gasteiger partial charge in [0, 0.05) is 12.3 Å². The van der Waals surface area contributed by atoms with Crippen molar-refractivity contribution in [3.8, 4) is 0 Å². The average molecular weight is 418 g/mol. The van der Waals surface area contributed by atoms with Crippen LogP contribution in [0.2, 0.25) is 0 Å². The lowest BCUT2D eigenvalue weighted by atomic mass is 9.66. The Morgan fingerprint density at radius 3 is 1.60 bits per heavy atom. The van der Waals surface area contributed by atoms with Crippen LogP contribution in [-0.2, 0) is 10.2 Å². The molecule has 2 N–H and O–H groups in total. The fraction of sp³-hybridized carbons (Fsp3) is 0.231.